The normalized spacial score (nSPS) is 18.8. The second-order valence-corrected chi connectivity index (χ2v) is 4.97. The Morgan fingerprint density at radius 2 is 2.00 bits per heavy atom. The summed E-state index contributed by atoms with van der Waals surface area (Å²) in [4.78, 5) is 0. The minimum Gasteiger partial charge on any atom is -0.391 e. The lowest BCUT2D eigenvalue weighted by Crippen LogP contribution is -2.27. The van der Waals surface area contributed by atoms with Gasteiger partial charge in [-0.15, -0.1) is 12.4 Å². The van der Waals surface area contributed by atoms with Crippen LogP contribution >= 0.6 is 28.3 Å². The van der Waals surface area contributed by atoms with Crippen LogP contribution < -0.4 is 5.73 Å². The Kier molecular flexibility index (Phi) is 4.73. The van der Waals surface area contributed by atoms with E-state index in [2.05, 4.69) is 15.9 Å². The standard InChI is InChI=1S/C11H13BrFNO.ClH/c12-8-3-7(4-9(13)5-8)10(14)11(15)6-1-2-6;/h3-6,10-11,15H,1-2,14H2;1H/t10-,11+;/m1./s1. The van der Waals surface area contributed by atoms with Crippen LogP contribution in [0.25, 0.3) is 0 Å². The Labute approximate surface area is 109 Å². The van der Waals surface area contributed by atoms with Crippen LogP contribution in [0.2, 0.25) is 0 Å². The molecule has 0 aliphatic heterocycles. The Bertz CT molecular complexity index is 353. The second-order valence-electron chi connectivity index (χ2n) is 4.06. The first-order valence-electron chi connectivity index (χ1n) is 4.97. The fraction of sp³-hybridized carbons (Fsp3) is 0.455. The second kappa shape index (κ2) is 5.45. The zero-order valence-electron chi connectivity index (χ0n) is 8.57. The van der Waals surface area contributed by atoms with Crippen LogP contribution in [-0.2, 0) is 0 Å². The Morgan fingerprint density at radius 3 is 2.50 bits per heavy atom. The van der Waals surface area contributed by atoms with E-state index in [1.807, 2.05) is 0 Å². The first kappa shape index (κ1) is 13.9. The van der Waals surface area contributed by atoms with Crippen molar-refractivity contribution >= 4 is 28.3 Å². The number of benzene rings is 1. The maximum Gasteiger partial charge on any atom is 0.124 e. The van der Waals surface area contributed by atoms with Crippen LogP contribution in [0.1, 0.15) is 24.4 Å². The average Bonchev–Trinajstić information content (AvgIpc) is 2.97. The lowest BCUT2D eigenvalue weighted by molar-refractivity contribution is 0.122. The van der Waals surface area contributed by atoms with Crippen molar-refractivity contribution in [2.75, 3.05) is 0 Å². The van der Waals surface area contributed by atoms with E-state index in [0.717, 1.165) is 12.8 Å². The smallest absolute Gasteiger partial charge is 0.124 e. The third-order valence-electron chi connectivity index (χ3n) is 2.74. The molecule has 0 amide bonds. The highest BCUT2D eigenvalue weighted by Crippen LogP contribution is 2.37. The predicted molar refractivity (Wildman–Crippen MR) is 67.0 cm³/mol. The van der Waals surface area contributed by atoms with Crippen LogP contribution in [0.3, 0.4) is 0 Å². The molecule has 0 spiro atoms. The molecule has 2 rings (SSSR count). The molecule has 1 aliphatic carbocycles. The van der Waals surface area contributed by atoms with E-state index in [9.17, 15) is 9.50 Å². The van der Waals surface area contributed by atoms with Gasteiger partial charge in [0.15, 0.2) is 0 Å². The molecule has 1 fully saturated rings. The molecule has 1 aromatic rings. The third-order valence-corrected chi connectivity index (χ3v) is 3.20. The van der Waals surface area contributed by atoms with Gasteiger partial charge in [0.1, 0.15) is 5.82 Å². The quantitative estimate of drug-likeness (QED) is 0.902. The molecule has 0 saturated heterocycles. The minimum absolute atomic E-state index is 0. The van der Waals surface area contributed by atoms with Crippen molar-refractivity contribution in [2.45, 2.75) is 25.0 Å². The molecule has 5 heteroatoms. The van der Waals surface area contributed by atoms with Crippen molar-refractivity contribution in [3.05, 3.63) is 34.1 Å². The molecule has 1 saturated carbocycles. The van der Waals surface area contributed by atoms with Gasteiger partial charge in [0.25, 0.3) is 0 Å². The fourth-order valence-corrected chi connectivity index (χ4v) is 2.18. The number of aliphatic hydroxyl groups is 1. The van der Waals surface area contributed by atoms with Gasteiger partial charge >= 0.3 is 0 Å². The summed E-state index contributed by atoms with van der Waals surface area (Å²) in [5.41, 5.74) is 6.52. The van der Waals surface area contributed by atoms with E-state index in [4.69, 9.17) is 5.73 Å². The summed E-state index contributed by atoms with van der Waals surface area (Å²) in [6.45, 7) is 0. The van der Waals surface area contributed by atoms with Gasteiger partial charge in [-0.05, 0) is 42.5 Å². The zero-order valence-corrected chi connectivity index (χ0v) is 11.0. The van der Waals surface area contributed by atoms with Gasteiger partial charge in [0, 0.05) is 4.47 Å². The third kappa shape index (κ3) is 3.17. The summed E-state index contributed by atoms with van der Waals surface area (Å²) >= 11 is 3.21. The largest absolute Gasteiger partial charge is 0.391 e. The van der Waals surface area contributed by atoms with Crippen LogP contribution in [-0.4, -0.2) is 11.2 Å². The first-order valence-corrected chi connectivity index (χ1v) is 5.77. The minimum atomic E-state index is -0.557. The molecule has 16 heavy (non-hydrogen) atoms. The van der Waals surface area contributed by atoms with Crippen molar-refractivity contribution in [3.63, 3.8) is 0 Å². The predicted octanol–water partition coefficient (Wildman–Crippen LogP) is 2.78. The number of halogens is 3. The molecular formula is C11H14BrClFNO. The van der Waals surface area contributed by atoms with Crippen molar-refractivity contribution in [3.8, 4) is 0 Å². The molecule has 90 valence electrons. The molecular weight excluding hydrogens is 296 g/mol. The van der Waals surface area contributed by atoms with Crippen LogP contribution in [0, 0.1) is 11.7 Å². The van der Waals surface area contributed by atoms with Crippen LogP contribution in [0.15, 0.2) is 22.7 Å². The van der Waals surface area contributed by atoms with Crippen molar-refractivity contribution in [1.82, 2.24) is 0 Å². The molecule has 1 aromatic carbocycles. The molecule has 2 atom stereocenters. The molecule has 3 N–H and O–H groups in total. The molecule has 0 radical (unpaired) electrons. The summed E-state index contributed by atoms with van der Waals surface area (Å²) < 4.78 is 13.8. The molecule has 2 nitrogen and oxygen atoms in total. The highest BCUT2D eigenvalue weighted by Gasteiger charge is 2.34. The molecule has 0 unspecified atom stereocenters. The maximum absolute atomic E-state index is 13.1. The van der Waals surface area contributed by atoms with E-state index >= 15 is 0 Å². The Morgan fingerprint density at radius 1 is 1.38 bits per heavy atom. The summed E-state index contributed by atoms with van der Waals surface area (Å²) in [6.07, 6.45) is 1.48. The maximum atomic E-state index is 13.1. The molecule has 1 aliphatic rings. The lowest BCUT2D eigenvalue weighted by Gasteiger charge is -2.19. The van der Waals surface area contributed by atoms with E-state index < -0.39 is 12.1 Å². The van der Waals surface area contributed by atoms with Gasteiger partial charge in [-0.25, -0.2) is 4.39 Å². The van der Waals surface area contributed by atoms with Gasteiger partial charge in [-0.2, -0.15) is 0 Å². The zero-order chi connectivity index (χ0) is 11.0. The molecule has 0 bridgehead atoms. The van der Waals surface area contributed by atoms with Gasteiger partial charge in [-0.3, -0.25) is 0 Å². The Balaban J connectivity index is 0.00000128. The van der Waals surface area contributed by atoms with Gasteiger partial charge < -0.3 is 10.8 Å². The van der Waals surface area contributed by atoms with E-state index in [0.29, 0.717) is 16.0 Å². The van der Waals surface area contributed by atoms with Gasteiger partial charge in [-0.1, -0.05) is 15.9 Å². The van der Waals surface area contributed by atoms with E-state index in [1.165, 1.54) is 12.1 Å². The van der Waals surface area contributed by atoms with Gasteiger partial charge in [0.05, 0.1) is 12.1 Å². The topological polar surface area (TPSA) is 46.2 Å². The van der Waals surface area contributed by atoms with Crippen LogP contribution in [0.5, 0.6) is 0 Å². The van der Waals surface area contributed by atoms with E-state index in [-0.39, 0.29) is 18.2 Å². The SMILES string of the molecule is Cl.N[C@H](c1cc(F)cc(Br)c1)[C@@H](O)C1CC1. The first-order chi connectivity index (χ1) is 7.08. The number of rotatable bonds is 3. The summed E-state index contributed by atoms with van der Waals surface area (Å²) in [6, 6.07) is 4.00. The number of hydrogen-bond acceptors (Lipinski definition) is 2. The molecule has 0 aromatic heterocycles. The number of nitrogens with two attached hydrogens (primary N) is 1. The highest BCUT2D eigenvalue weighted by molar-refractivity contribution is 9.10. The summed E-state index contributed by atoms with van der Waals surface area (Å²) in [7, 11) is 0. The van der Waals surface area contributed by atoms with Crippen LogP contribution in [0.4, 0.5) is 4.39 Å². The highest BCUT2D eigenvalue weighted by atomic mass is 79.9. The fourth-order valence-electron chi connectivity index (χ4n) is 1.70. The van der Waals surface area contributed by atoms with Crippen molar-refractivity contribution < 1.29 is 9.50 Å². The van der Waals surface area contributed by atoms with Crippen molar-refractivity contribution in [2.24, 2.45) is 11.7 Å². The average molecular weight is 311 g/mol. The summed E-state index contributed by atoms with van der Waals surface area (Å²) in [5.74, 6) is -0.0418. The Hall–Kier alpha value is -0.160. The van der Waals surface area contributed by atoms with Gasteiger partial charge in [0.2, 0.25) is 0 Å². The van der Waals surface area contributed by atoms with Crippen molar-refractivity contribution in [1.29, 1.82) is 0 Å². The number of aliphatic hydroxyl groups excluding tert-OH is 1. The lowest BCUT2D eigenvalue weighted by atomic mass is 9.99. The number of hydrogen-bond donors (Lipinski definition) is 2. The summed E-state index contributed by atoms with van der Waals surface area (Å²) in [5, 5.41) is 9.83. The van der Waals surface area contributed by atoms with E-state index in [1.54, 1.807) is 6.07 Å². The monoisotopic (exact) mass is 309 g/mol. The molecule has 0 heterocycles.